The number of imide groups is 1. The highest BCUT2D eigenvalue weighted by atomic mass is 32.2. The Morgan fingerprint density at radius 1 is 0.935 bits per heavy atom. The Morgan fingerprint density at radius 3 is 2.26 bits per heavy atom. The zero-order chi connectivity index (χ0) is 21.8. The van der Waals surface area contributed by atoms with Gasteiger partial charge in [0.15, 0.2) is 0 Å². The first-order valence-electron chi connectivity index (χ1n) is 9.71. The van der Waals surface area contributed by atoms with Gasteiger partial charge in [0.1, 0.15) is 5.75 Å². The lowest BCUT2D eigenvalue weighted by atomic mass is 10.1. The Kier molecular flexibility index (Phi) is 6.04. The van der Waals surface area contributed by atoms with Crippen LogP contribution in [0.5, 0.6) is 5.75 Å². The fourth-order valence-corrected chi connectivity index (χ4v) is 4.16. The predicted octanol–water partition coefficient (Wildman–Crippen LogP) is 4.62. The molecular weight excluding hydrogens is 412 g/mol. The smallest absolute Gasteiger partial charge is 0.266 e. The highest BCUT2D eigenvalue weighted by Crippen LogP contribution is 2.30. The molecule has 1 heterocycles. The number of thioether (sulfide) groups is 1. The van der Waals surface area contributed by atoms with Crippen LogP contribution in [-0.4, -0.2) is 30.6 Å². The maximum absolute atomic E-state index is 12.7. The van der Waals surface area contributed by atoms with Gasteiger partial charge in [-0.25, -0.2) is 4.90 Å². The second kappa shape index (κ2) is 9.06. The van der Waals surface area contributed by atoms with Gasteiger partial charge in [-0.05, 0) is 54.6 Å². The summed E-state index contributed by atoms with van der Waals surface area (Å²) in [6.07, 6.45) is 0.327. The number of nitrogens with one attached hydrogen (secondary N) is 1. The fourth-order valence-electron chi connectivity index (χ4n) is 3.30. The minimum Gasteiger partial charge on any atom is -0.497 e. The number of carbonyl (C=O) groups is 3. The predicted molar refractivity (Wildman–Crippen MR) is 121 cm³/mol. The molecule has 3 aromatic carbocycles. The number of carbonyl (C=O) groups excluding carboxylic acids is 3. The summed E-state index contributed by atoms with van der Waals surface area (Å²) < 4.78 is 5.14. The molecule has 3 amide bonds. The number of anilines is 2. The average Bonchev–Trinajstić information content (AvgIpc) is 3.05. The summed E-state index contributed by atoms with van der Waals surface area (Å²) in [6, 6.07) is 21.2. The topological polar surface area (TPSA) is 75.7 Å². The molecule has 0 radical (unpaired) electrons. The monoisotopic (exact) mass is 432 g/mol. The molecule has 1 aliphatic heterocycles. The molecule has 0 spiro atoms. The normalized spacial score (nSPS) is 12.6. The molecule has 3 aromatic rings. The number of rotatable bonds is 7. The number of nitrogens with zero attached hydrogens (tertiary/aromatic N) is 1. The zero-order valence-electron chi connectivity index (χ0n) is 16.8. The Morgan fingerprint density at radius 2 is 1.61 bits per heavy atom. The summed E-state index contributed by atoms with van der Waals surface area (Å²) in [7, 11) is 1.62. The Labute approximate surface area is 184 Å². The first-order chi connectivity index (χ1) is 15.1. The van der Waals surface area contributed by atoms with Crippen molar-refractivity contribution in [2.75, 3.05) is 23.1 Å². The van der Waals surface area contributed by atoms with Gasteiger partial charge in [0, 0.05) is 22.8 Å². The maximum Gasteiger partial charge on any atom is 0.266 e. The molecule has 1 N–H and O–H groups in total. The van der Waals surface area contributed by atoms with Crippen molar-refractivity contribution in [1.29, 1.82) is 0 Å². The number of benzene rings is 3. The highest BCUT2D eigenvalue weighted by Gasteiger charge is 2.36. The van der Waals surface area contributed by atoms with Crippen LogP contribution in [0.4, 0.5) is 11.4 Å². The van der Waals surface area contributed by atoms with E-state index in [1.807, 2.05) is 24.3 Å². The van der Waals surface area contributed by atoms with Crippen LogP contribution in [-0.2, 0) is 4.79 Å². The van der Waals surface area contributed by atoms with E-state index >= 15 is 0 Å². The van der Waals surface area contributed by atoms with E-state index in [0.29, 0.717) is 34.7 Å². The van der Waals surface area contributed by atoms with Gasteiger partial charge in [-0.3, -0.25) is 14.4 Å². The van der Waals surface area contributed by atoms with Crippen LogP contribution in [0.2, 0.25) is 0 Å². The van der Waals surface area contributed by atoms with Gasteiger partial charge < -0.3 is 10.1 Å². The summed E-state index contributed by atoms with van der Waals surface area (Å²) in [4.78, 5) is 39.9. The number of amides is 3. The number of ether oxygens (including phenoxy) is 1. The molecule has 0 atom stereocenters. The zero-order valence-corrected chi connectivity index (χ0v) is 17.6. The number of fused-ring (bicyclic) bond motifs is 1. The molecule has 0 fully saturated rings. The summed E-state index contributed by atoms with van der Waals surface area (Å²) in [5.74, 6) is 0.552. The third-order valence-electron chi connectivity index (χ3n) is 4.84. The SMILES string of the molecule is COc1ccc(SCCC(=O)Nc2cccc(N3C(=O)c4ccccc4C3=O)c2)cc1. The number of methoxy groups -OCH3 is 1. The van der Waals surface area contributed by atoms with Crippen LogP contribution in [0.1, 0.15) is 27.1 Å². The van der Waals surface area contributed by atoms with Crippen molar-refractivity contribution in [3.63, 3.8) is 0 Å². The Bertz CT molecular complexity index is 1110. The standard InChI is InChI=1S/C24H20N2O4S/c1-30-18-9-11-19(12-10-18)31-14-13-22(27)25-16-5-4-6-17(15-16)26-23(28)20-7-2-3-8-21(20)24(26)29/h2-12,15H,13-14H2,1H3,(H,25,27). The molecule has 7 heteroatoms. The van der Waals surface area contributed by atoms with Gasteiger partial charge in [0.25, 0.3) is 11.8 Å². The van der Waals surface area contributed by atoms with E-state index in [0.717, 1.165) is 15.5 Å². The maximum atomic E-state index is 12.7. The molecular formula is C24H20N2O4S. The molecule has 31 heavy (non-hydrogen) atoms. The molecule has 1 aliphatic rings. The van der Waals surface area contributed by atoms with Crippen molar-refractivity contribution in [2.24, 2.45) is 0 Å². The van der Waals surface area contributed by atoms with Crippen molar-refractivity contribution >= 4 is 40.9 Å². The van der Waals surface area contributed by atoms with Gasteiger partial charge in [-0.15, -0.1) is 11.8 Å². The number of hydrogen-bond acceptors (Lipinski definition) is 5. The molecule has 156 valence electrons. The molecule has 0 bridgehead atoms. The summed E-state index contributed by atoms with van der Waals surface area (Å²) in [5.41, 5.74) is 1.74. The molecule has 4 rings (SSSR count). The molecule has 0 saturated carbocycles. The lowest BCUT2D eigenvalue weighted by Crippen LogP contribution is -2.29. The minimum atomic E-state index is -0.361. The third-order valence-corrected chi connectivity index (χ3v) is 5.85. The number of hydrogen-bond donors (Lipinski definition) is 1. The van der Waals surface area contributed by atoms with E-state index in [9.17, 15) is 14.4 Å². The van der Waals surface area contributed by atoms with Crippen LogP contribution in [0.3, 0.4) is 0 Å². The summed E-state index contributed by atoms with van der Waals surface area (Å²) >= 11 is 1.58. The summed E-state index contributed by atoms with van der Waals surface area (Å²) in [5, 5.41) is 2.84. The van der Waals surface area contributed by atoms with E-state index in [1.54, 1.807) is 67.4 Å². The molecule has 6 nitrogen and oxygen atoms in total. The van der Waals surface area contributed by atoms with Gasteiger partial charge in [-0.1, -0.05) is 18.2 Å². The molecule has 0 saturated heterocycles. The third kappa shape index (κ3) is 4.46. The molecule has 0 unspecified atom stereocenters. The van der Waals surface area contributed by atoms with Crippen LogP contribution in [0, 0.1) is 0 Å². The van der Waals surface area contributed by atoms with Gasteiger partial charge in [0.2, 0.25) is 5.91 Å². The molecule has 0 aliphatic carbocycles. The van der Waals surface area contributed by atoms with E-state index in [-0.39, 0.29) is 17.7 Å². The van der Waals surface area contributed by atoms with Crippen LogP contribution < -0.4 is 15.0 Å². The van der Waals surface area contributed by atoms with Crippen molar-refractivity contribution in [2.45, 2.75) is 11.3 Å². The van der Waals surface area contributed by atoms with Crippen molar-refractivity contribution in [1.82, 2.24) is 0 Å². The van der Waals surface area contributed by atoms with Crippen LogP contribution in [0.25, 0.3) is 0 Å². The lowest BCUT2D eigenvalue weighted by Gasteiger charge is -2.15. The second-order valence-electron chi connectivity index (χ2n) is 6.86. The first kappa shape index (κ1) is 20.7. The quantitative estimate of drug-likeness (QED) is 0.436. The largest absolute Gasteiger partial charge is 0.497 e. The fraction of sp³-hybridized carbons (Fsp3) is 0.125. The molecule has 0 aromatic heterocycles. The van der Waals surface area contributed by atoms with E-state index < -0.39 is 0 Å². The van der Waals surface area contributed by atoms with Gasteiger partial charge >= 0.3 is 0 Å². The van der Waals surface area contributed by atoms with Crippen molar-refractivity contribution < 1.29 is 19.1 Å². The Hall–Kier alpha value is -3.58. The van der Waals surface area contributed by atoms with Crippen LogP contribution in [0.15, 0.2) is 77.7 Å². The van der Waals surface area contributed by atoms with Gasteiger partial charge in [0.05, 0.1) is 23.9 Å². The highest BCUT2D eigenvalue weighted by molar-refractivity contribution is 7.99. The second-order valence-corrected chi connectivity index (χ2v) is 8.03. The minimum absolute atomic E-state index is 0.138. The van der Waals surface area contributed by atoms with E-state index in [1.165, 1.54) is 0 Å². The van der Waals surface area contributed by atoms with E-state index in [4.69, 9.17) is 4.74 Å². The first-order valence-corrected chi connectivity index (χ1v) is 10.7. The van der Waals surface area contributed by atoms with E-state index in [2.05, 4.69) is 5.32 Å². The van der Waals surface area contributed by atoms with Gasteiger partial charge in [-0.2, -0.15) is 0 Å². The van der Waals surface area contributed by atoms with Crippen LogP contribution >= 0.6 is 11.8 Å². The van der Waals surface area contributed by atoms with Crippen molar-refractivity contribution in [3.8, 4) is 5.75 Å². The van der Waals surface area contributed by atoms with Crippen molar-refractivity contribution in [3.05, 3.63) is 83.9 Å². The summed E-state index contributed by atoms with van der Waals surface area (Å²) in [6.45, 7) is 0. The Balaban J connectivity index is 1.37. The lowest BCUT2D eigenvalue weighted by molar-refractivity contribution is -0.115. The average molecular weight is 433 g/mol.